The highest BCUT2D eigenvalue weighted by atomic mass is 35.5. The lowest BCUT2D eigenvalue weighted by atomic mass is 9.98. The molecule has 4 rings (SSSR count). The van der Waals surface area contributed by atoms with Gasteiger partial charge in [0.1, 0.15) is 11.5 Å². The zero-order valence-electron chi connectivity index (χ0n) is 16.4. The van der Waals surface area contributed by atoms with E-state index in [0.29, 0.717) is 40.7 Å². The number of rotatable bonds is 5. The number of nitrogens with one attached hydrogen (secondary N) is 1. The van der Waals surface area contributed by atoms with Crippen molar-refractivity contribution in [2.24, 2.45) is 0 Å². The number of hydrogen-bond acceptors (Lipinski definition) is 4. The predicted molar refractivity (Wildman–Crippen MR) is 113 cm³/mol. The summed E-state index contributed by atoms with van der Waals surface area (Å²) in [6.45, 7) is 1.33. The average Bonchev–Trinajstić information content (AvgIpc) is 3.42. The molecule has 6 nitrogen and oxygen atoms in total. The summed E-state index contributed by atoms with van der Waals surface area (Å²) in [6.07, 6.45) is 2.42. The summed E-state index contributed by atoms with van der Waals surface area (Å²) in [7, 11) is 3.10. The van der Waals surface area contributed by atoms with Crippen LogP contribution in [0, 0.1) is 0 Å². The number of aromatic nitrogens is 1. The summed E-state index contributed by atoms with van der Waals surface area (Å²) in [5, 5.41) is 12.4. The minimum Gasteiger partial charge on any atom is -0.496 e. The molecule has 152 valence electrons. The number of ether oxygens (including phenoxy) is 2. The fourth-order valence-corrected chi connectivity index (χ4v) is 4.10. The quantitative estimate of drug-likeness (QED) is 0.657. The molecule has 1 saturated heterocycles. The van der Waals surface area contributed by atoms with E-state index in [1.54, 1.807) is 18.1 Å². The van der Waals surface area contributed by atoms with Crippen molar-refractivity contribution in [3.63, 3.8) is 0 Å². The van der Waals surface area contributed by atoms with Gasteiger partial charge in [-0.1, -0.05) is 23.7 Å². The molecule has 1 aromatic heterocycles. The third-order valence-electron chi connectivity index (χ3n) is 5.44. The lowest BCUT2D eigenvalue weighted by Crippen LogP contribution is -2.32. The van der Waals surface area contributed by atoms with Gasteiger partial charge in [0.15, 0.2) is 6.10 Å². The largest absolute Gasteiger partial charge is 0.496 e. The Morgan fingerprint density at radius 2 is 1.79 bits per heavy atom. The second-order valence-corrected chi connectivity index (χ2v) is 7.53. The van der Waals surface area contributed by atoms with E-state index in [4.69, 9.17) is 21.1 Å². The van der Waals surface area contributed by atoms with E-state index in [0.717, 1.165) is 29.4 Å². The highest BCUT2D eigenvalue weighted by Gasteiger charge is 2.31. The standard InChI is InChI=1S/C22H23ClN2O4/c1-28-16-11-17(29-2)19(21(26)22(27)25-9-3-4-10-25)20-18(16)15(12-24-20)13-5-7-14(23)8-6-13/h5-8,11-12,21,24,26H,3-4,9-10H2,1-2H3. The highest BCUT2D eigenvalue weighted by molar-refractivity contribution is 6.30. The summed E-state index contributed by atoms with van der Waals surface area (Å²) in [6, 6.07) is 9.18. The van der Waals surface area contributed by atoms with Gasteiger partial charge in [-0.15, -0.1) is 0 Å². The number of fused-ring (bicyclic) bond motifs is 1. The van der Waals surface area contributed by atoms with Crippen LogP contribution >= 0.6 is 11.6 Å². The Hall–Kier alpha value is -2.70. The number of aliphatic hydroxyl groups is 1. The summed E-state index contributed by atoms with van der Waals surface area (Å²) in [5.74, 6) is 0.682. The van der Waals surface area contributed by atoms with Crippen LogP contribution in [-0.2, 0) is 4.79 Å². The number of aromatic amines is 1. The molecule has 2 heterocycles. The van der Waals surface area contributed by atoms with E-state index in [9.17, 15) is 9.90 Å². The van der Waals surface area contributed by atoms with Gasteiger partial charge in [-0.05, 0) is 30.5 Å². The van der Waals surface area contributed by atoms with Gasteiger partial charge in [-0.25, -0.2) is 0 Å². The molecule has 7 heteroatoms. The van der Waals surface area contributed by atoms with E-state index in [1.807, 2.05) is 30.5 Å². The number of amides is 1. The first-order valence-corrected chi connectivity index (χ1v) is 9.91. The molecule has 1 atom stereocenters. The number of aliphatic hydroxyl groups excluding tert-OH is 1. The van der Waals surface area contributed by atoms with Gasteiger partial charge in [0, 0.05) is 41.3 Å². The first-order valence-electron chi connectivity index (χ1n) is 9.54. The van der Waals surface area contributed by atoms with Crippen LogP contribution in [-0.4, -0.2) is 48.2 Å². The fraction of sp³-hybridized carbons (Fsp3) is 0.318. The van der Waals surface area contributed by atoms with Gasteiger partial charge in [-0.3, -0.25) is 4.79 Å². The maximum Gasteiger partial charge on any atom is 0.256 e. The number of hydrogen-bond donors (Lipinski definition) is 2. The molecule has 1 aliphatic rings. The van der Waals surface area contributed by atoms with Crippen LogP contribution in [0.25, 0.3) is 22.0 Å². The van der Waals surface area contributed by atoms with Crippen LogP contribution in [0.3, 0.4) is 0 Å². The molecule has 0 spiro atoms. The summed E-state index contributed by atoms with van der Waals surface area (Å²) in [5.41, 5.74) is 2.86. The molecular formula is C22H23ClN2O4. The Bertz CT molecular complexity index is 1040. The molecule has 0 bridgehead atoms. The van der Waals surface area contributed by atoms with Crippen molar-refractivity contribution in [1.82, 2.24) is 9.88 Å². The Kier molecular flexibility index (Phi) is 5.39. The van der Waals surface area contributed by atoms with E-state index in [1.165, 1.54) is 7.11 Å². The molecule has 1 amide bonds. The number of halogens is 1. The lowest BCUT2D eigenvalue weighted by Gasteiger charge is -2.22. The fourth-order valence-electron chi connectivity index (χ4n) is 3.98. The maximum absolute atomic E-state index is 12.9. The van der Waals surface area contributed by atoms with Gasteiger partial charge in [0.25, 0.3) is 5.91 Å². The molecular weight excluding hydrogens is 392 g/mol. The van der Waals surface area contributed by atoms with E-state index in [2.05, 4.69) is 4.98 Å². The number of methoxy groups -OCH3 is 2. The molecule has 0 saturated carbocycles. The van der Waals surface area contributed by atoms with Crippen LogP contribution in [0.2, 0.25) is 5.02 Å². The molecule has 0 aliphatic carbocycles. The van der Waals surface area contributed by atoms with Crippen LogP contribution in [0.1, 0.15) is 24.5 Å². The number of likely N-dealkylation sites (tertiary alicyclic amines) is 1. The van der Waals surface area contributed by atoms with Crippen LogP contribution < -0.4 is 9.47 Å². The second kappa shape index (κ2) is 7.97. The van der Waals surface area contributed by atoms with Crippen LogP contribution in [0.4, 0.5) is 0 Å². The number of carbonyl (C=O) groups is 1. The predicted octanol–water partition coefficient (Wildman–Crippen LogP) is 4.16. The van der Waals surface area contributed by atoms with E-state index in [-0.39, 0.29) is 5.91 Å². The molecule has 2 N–H and O–H groups in total. The second-order valence-electron chi connectivity index (χ2n) is 7.09. The van der Waals surface area contributed by atoms with Crippen molar-refractivity contribution in [3.8, 4) is 22.6 Å². The average molecular weight is 415 g/mol. The van der Waals surface area contributed by atoms with Crippen molar-refractivity contribution in [1.29, 1.82) is 0 Å². The minimum absolute atomic E-state index is 0.310. The zero-order chi connectivity index (χ0) is 20.5. The van der Waals surface area contributed by atoms with Crippen LogP contribution in [0.5, 0.6) is 11.5 Å². The maximum atomic E-state index is 12.9. The van der Waals surface area contributed by atoms with Gasteiger partial charge in [0.05, 0.1) is 25.3 Å². The summed E-state index contributed by atoms with van der Waals surface area (Å²) >= 11 is 6.03. The topological polar surface area (TPSA) is 74.8 Å². The Labute approximate surface area is 174 Å². The Morgan fingerprint density at radius 1 is 1.14 bits per heavy atom. The number of carbonyl (C=O) groups excluding carboxylic acids is 1. The Morgan fingerprint density at radius 3 is 2.41 bits per heavy atom. The first kappa shape index (κ1) is 19.6. The monoisotopic (exact) mass is 414 g/mol. The first-order chi connectivity index (χ1) is 14.0. The van der Waals surface area contributed by atoms with Crippen molar-refractivity contribution in [2.45, 2.75) is 18.9 Å². The van der Waals surface area contributed by atoms with Gasteiger partial charge in [-0.2, -0.15) is 0 Å². The highest BCUT2D eigenvalue weighted by Crippen LogP contribution is 2.44. The van der Waals surface area contributed by atoms with Crippen molar-refractivity contribution in [2.75, 3.05) is 27.3 Å². The molecule has 0 radical (unpaired) electrons. The smallest absolute Gasteiger partial charge is 0.256 e. The van der Waals surface area contributed by atoms with Gasteiger partial charge in [0.2, 0.25) is 0 Å². The minimum atomic E-state index is -1.33. The number of benzene rings is 2. The molecule has 1 aliphatic heterocycles. The third kappa shape index (κ3) is 3.43. The van der Waals surface area contributed by atoms with E-state index >= 15 is 0 Å². The van der Waals surface area contributed by atoms with Crippen molar-refractivity contribution >= 4 is 28.4 Å². The molecule has 1 unspecified atom stereocenters. The van der Waals surface area contributed by atoms with Crippen LogP contribution in [0.15, 0.2) is 36.5 Å². The number of nitrogens with zero attached hydrogens (tertiary/aromatic N) is 1. The van der Waals surface area contributed by atoms with Gasteiger partial charge >= 0.3 is 0 Å². The lowest BCUT2D eigenvalue weighted by molar-refractivity contribution is -0.139. The zero-order valence-corrected chi connectivity index (χ0v) is 17.1. The summed E-state index contributed by atoms with van der Waals surface area (Å²) in [4.78, 5) is 17.8. The molecule has 29 heavy (non-hydrogen) atoms. The summed E-state index contributed by atoms with van der Waals surface area (Å²) < 4.78 is 11.1. The van der Waals surface area contributed by atoms with E-state index < -0.39 is 6.10 Å². The van der Waals surface area contributed by atoms with Gasteiger partial charge < -0.3 is 24.5 Å². The van der Waals surface area contributed by atoms with Crippen molar-refractivity contribution in [3.05, 3.63) is 47.1 Å². The molecule has 1 fully saturated rings. The normalized spacial score (nSPS) is 15.0. The SMILES string of the molecule is COc1cc(OC)c2c(-c3ccc(Cl)cc3)c[nH]c2c1C(O)C(=O)N1CCCC1. The Balaban J connectivity index is 1.89. The van der Waals surface area contributed by atoms with Crippen molar-refractivity contribution < 1.29 is 19.4 Å². The molecule has 3 aromatic rings. The third-order valence-corrected chi connectivity index (χ3v) is 5.70. The number of H-pyrrole nitrogens is 1. The molecule has 2 aromatic carbocycles.